The van der Waals surface area contributed by atoms with E-state index in [0.29, 0.717) is 22.2 Å². The summed E-state index contributed by atoms with van der Waals surface area (Å²) in [4.78, 5) is 12.2. The number of carbonyl (C=O) groups is 1. The Labute approximate surface area is 160 Å². The number of ether oxygens (including phenoxy) is 1. The lowest BCUT2D eigenvalue weighted by Gasteiger charge is -2.09. The summed E-state index contributed by atoms with van der Waals surface area (Å²) in [5, 5.41) is 11.5. The van der Waals surface area contributed by atoms with Gasteiger partial charge in [0.15, 0.2) is 5.16 Å². The minimum absolute atomic E-state index is 0.129. The monoisotopic (exact) mass is 386 g/mol. The number of aryl methyl sites for hydroxylation is 2. The molecule has 0 aliphatic heterocycles. The van der Waals surface area contributed by atoms with E-state index in [1.54, 1.807) is 26.2 Å². The summed E-state index contributed by atoms with van der Waals surface area (Å²) >= 11 is 1.26. The number of nitrogens with zero attached hydrogens (tertiary/aromatic N) is 3. The number of amides is 1. The number of methoxy groups -OCH3 is 1. The van der Waals surface area contributed by atoms with Crippen molar-refractivity contribution in [1.29, 1.82) is 0 Å². The topological polar surface area (TPSA) is 69.0 Å². The molecule has 140 valence electrons. The summed E-state index contributed by atoms with van der Waals surface area (Å²) < 4.78 is 20.6. The Morgan fingerprint density at radius 1 is 1.19 bits per heavy atom. The SMILES string of the molecule is COc1ccc(-n2c(C)nnc2SCC(=O)Nc2ccc(C)c(F)c2)cc1. The molecule has 0 saturated carbocycles. The van der Waals surface area contributed by atoms with Crippen molar-refractivity contribution in [1.82, 2.24) is 14.8 Å². The molecule has 0 bridgehead atoms. The molecule has 3 aromatic rings. The number of hydrogen-bond acceptors (Lipinski definition) is 5. The van der Waals surface area contributed by atoms with Gasteiger partial charge in [0.2, 0.25) is 5.91 Å². The Morgan fingerprint density at radius 2 is 1.93 bits per heavy atom. The van der Waals surface area contributed by atoms with Gasteiger partial charge in [-0.2, -0.15) is 0 Å². The summed E-state index contributed by atoms with van der Waals surface area (Å²) in [6.45, 7) is 3.52. The summed E-state index contributed by atoms with van der Waals surface area (Å²) in [6.07, 6.45) is 0. The van der Waals surface area contributed by atoms with E-state index in [2.05, 4.69) is 15.5 Å². The zero-order valence-electron chi connectivity index (χ0n) is 15.2. The van der Waals surface area contributed by atoms with Crippen molar-refractivity contribution in [3.8, 4) is 11.4 Å². The fourth-order valence-corrected chi connectivity index (χ4v) is 3.26. The van der Waals surface area contributed by atoms with Crippen molar-refractivity contribution in [3.05, 3.63) is 59.7 Å². The van der Waals surface area contributed by atoms with Crippen molar-refractivity contribution in [2.45, 2.75) is 19.0 Å². The maximum absolute atomic E-state index is 13.6. The minimum atomic E-state index is -0.352. The number of benzene rings is 2. The molecule has 1 amide bonds. The van der Waals surface area contributed by atoms with Gasteiger partial charge in [0, 0.05) is 11.4 Å². The molecular formula is C19H19FN4O2S. The molecular weight excluding hydrogens is 367 g/mol. The second-order valence-corrected chi connectivity index (χ2v) is 6.81. The molecule has 1 heterocycles. The van der Waals surface area contributed by atoms with Gasteiger partial charge in [-0.3, -0.25) is 9.36 Å². The van der Waals surface area contributed by atoms with Crippen molar-refractivity contribution >= 4 is 23.4 Å². The van der Waals surface area contributed by atoms with Crippen LogP contribution in [0.2, 0.25) is 0 Å². The lowest BCUT2D eigenvalue weighted by atomic mass is 10.2. The smallest absolute Gasteiger partial charge is 0.234 e. The van der Waals surface area contributed by atoms with Crippen LogP contribution in [0, 0.1) is 19.7 Å². The van der Waals surface area contributed by atoms with Gasteiger partial charge >= 0.3 is 0 Å². The molecule has 3 rings (SSSR count). The highest BCUT2D eigenvalue weighted by Crippen LogP contribution is 2.24. The molecule has 0 aliphatic carbocycles. The van der Waals surface area contributed by atoms with Gasteiger partial charge in [-0.15, -0.1) is 10.2 Å². The highest BCUT2D eigenvalue weighted by molar-refractivity contribution is 7.99. The van der Waals surface area contributed by atoms with Crippen molar-refractivity contribution in [3.63, 3.8) is 0 Å². The zero-order valence-corrected chi connectivity index (χ0v) is 16.0. The van der Waals surface area contributed by atoms with E-state index in [-0.39, 0.29) is 17.5 Å². The lowest BCUT2D eigenvalue weighted by molar-refractivity contribution is -0.113. The molecule has 0 aliphatic rings. The van der Waals surface area contributed by atoms with Gasteiger partial charge in [0.1, 0.15) is 17.4 Å². The van der Waals surface area contributed by atoms with Gasteiger partial charge in [0.25, 0.3) is 0 Å². The van der Waals surface area contributed by atoms with E-state index in [1.807, 2.05) is 35.8 Å². The number of rotatable bonds is 6. The van der Waals surface area contributed by atoms with Crippen LogP contribution >= 0.6 is 11.8 Å². The maximum atomic E-state index is 13.6. The standard InChI is InChI=1S/C19H19FN4O2S/c1-12-4-5-14(10-17(12)20)21-18(25)11-27-19-23-22-13(2)24(19)15-6-8-16(26-3)9-7-15/h4-10H,11H2,1-3H3,(H,21,25). The Balaban J connectivity index is 1.69. The van der Waals surface area contributed by atoms with Crippen LogP contribution < -0.4 is 10.1 Å². The molecule has 8 heteroatoms. The summed E-state index contributed by atoms with van der Waals surface area (Å²) in [5.74, 6) is 0.997. The number of aromatic nitrogens is 3. The number of nitrogens with one attached hydrogen (secondary N) is 1. The van der Waals surface area contributed by atoms with E-state index in [9.17, 15) is 9.18 Å². The number of anilines is 1. The number of thioether (sulfide) groups is 1. The second-order valence-electron chi connectivity index (χ2n) is 5.86. The van der Waals surface area contributed by atoms with E-state index in [4.69, 9.17) is 4.74 Å². The average molecular weight is 386 g/mol. The number of carbonyl (C=O) groups excluding carboxylic acids is 1. The van der Waals surface area contributed by atoms with Crippen LogP contribution in [0.25, 0.3) is 5.69 Å². The van der Waals surface area contributed by atoms with Crippen molar-refractivity contribution in [2.75, 3.05) is 18.2 Å². The summed E-state index contributed by atoms with van der Waals surface area (Å²) in [5.41, 5.74) is 1.84. The fourth-order valence-electron chi connectivity index (χ4n) is 2.46. The fraction of sp³-hybridized carbons (Fsp3) is 0.211. The van der Waals surface area contributed by atoms with Gasteiger partial charge in [-0.25, -0.2) is 4.39 Å². The Bertz CT molecular complexity index is 957. The summed E-state index contributed by atoms with van der Waals surface area (Å²) in [7, 11) is 1.61. The van der Waals surface area contributed by atoms with E-state index in [1.165, 1.54) is 17.8 Å². The molecule has 0 spiro atoms. The number of hydrogen-bond donors (Lipinski definition) is 1. The second kappa shape index (κ2) is 8.22. The van der Waals surface area contributed by atoms with Gasteiger partial charge in [0.05, 0.1) is 12.9 Å². The Morgan fingerprint density at radius 3 is 2.59 bits per heavy atom. The highest BCUT2D eigenvalue weighted by atomic mass is 32.2. The first kappa shape index (κ1) is 18.9. The number of halogens is 1. The third-order valence-electron chi connectivity index (χ3n) is 3.91. The van der Waals surface area contributed by atoms with Crippen molar-refractivity contribution in [2.24, 2.45) is 0 Å². The van der Waals surface area contributed by atoms with Crippen LogP contribution in [0.1, 0.15) is 11.4 Å². The molecule has 0 atom stereocenters. The third-order valence-corrected chi connectivity index (χ3v) is 4.84. The molecule has 27 heavy (non-hydrogen) atoms. The highest BCUT2D eigenvalue weighted by Gasteiger charge is 2.14. The molecule has 1 aromatic heterocycles. The van der Waals surface area contributed by atoms with Gasteiger partial charge in [-0.1, -0.05) is 17.8 Å². The molecule has 6 nitrogen and oxygen atoms in total. The largest absolute Gasteiger partial charge is 0.497 e. The van der Waals surface area contributed by atoms with Gasteiger partial charge in [-0.05, 0) is 55.8 Å². The molecule has 0 saturated heterocycles. The van der Waals surface area contributed by atoms with Crippen LogP contribution in [0.5, 0.6) is 5.75 Å². The first-order valence-corrected chi connectivity index (χ1v) is 9.21. The van der Waals surface area contributed by atoms with E-state index >= 15 is 0 Å². The molecule has 1 N–H and O–H groups in total. The molecule has 0 unspecified atom stereocenters. The average Bonchev–Trinajstić information content (AvgIpc) is 3.03. The third kappa shape index (κ3) is 4.46. The maximum Gasteiger partial charge on any atom is 0.234 e. The Hall–Kier alpha value is -2.87. The first-order valence-electron chi connectivity index (χ1n) is 8.23. The lowest BCUT2D eigenvalue weighted by Crippen LogP contribution is -2.14. The molecule has 0 radical (unpaired) electrons. The van der Waals surface area contributed by atoms with E-state index in [0.717, 1.165) is 11.4 Å². The normalized spacial score (nSPS) is 10.7. The van der Waals surface area contributed by atoms with Crippen LogP contribution in [0.15, 0.2) is 47.6 Å². The summed E-state index contributed by atoms with van der Waals surface area (Å²) in [6, 6.07) is 12.1. The Kier molecular flexibility index (Phi) is 5.75. The van der Waals surface area contributed by atoms with Crippen LogP contribution in [0.4, 0.5) is 10.1 Å². The zero-order chi connectivity index (χ0) is 19.4. The molecule has 0 fully saturated rings. The van der Waals surface area contributed by atoms with Crippen LogP contribution in [-0.2, 0) is 4.79 Å². The van der Waals surface area contributed by atoms with Gasteiger partial charge < -0.3 is 10.1 Å². The first-order chi connectivity index (χ1) is 13.0. The van der Waals surface area contributed by atoms with Crippen LogP contribution in [0.3, 0.4) is 0 Å². The predicted molar refractivity (Wildman–Crippen MR) is 103 cm³/mol. The molecule has 2 aromatic carbocycles. The quantitative estimate of drug-likeness (QED) is 0.653. The minimum Gasteiger partial charge on any atom is -0.497 e. The van der Waals surface area contributed by atoms with E-state index < -0.39 is 0 Å². The van der Waals surface area contributed by atoms with Crippen LogP contribution in [-0.4, -0.2) is 33.5 Å². The predicted octanol–water partition coefficient (Wildman–Crippen LogP) is 3.76. The van der Waals surface area contributed by atoms with Crippen molar-refractivity contribution < 1.29 is 13.9 Å².